The minimum Gasteiger partial charge on any atom is -0.317 e. The largest absolute Gasteiger partial charge is 0.317 e. The van der Waals surface area contributed by atoms with E-state index in [0.29, 0.717) is 18.3 Å². The molecule has 0 bridgehead atoms. The summed E-state index contributed by atoms with van der Waals surface area (Å²) in [5, 5.41) is 6.74. The number of rotatable bonds is 5. The van der Waals surface area contributed by atoms with Crippen LogP contribution in [0.5, 0.6) is 0 Å². The van der Waals surface area contributed by atoms with Crippen molar-refractivity contribution in [3.05, 3.63) is 0 Å². The van der Waals surface area contributed by atoms with Crippen LogP contribution in [0.25, 0.3) is 0 Å². The van der Waals surface area contributed by atoms with Gasteiger partial charge in [-0.05, 0) is 81.5 Å². The number of alkyl halides is 1. The van der Waals surface area contributed by atoms with Crippen LogP contribution in [0.2, 0.25) is 0 Å². The molecule has 0 spiro atoms. The molecule has 2 nitrogen and oxygen atoms in total. The van der Waals surface area contributed by atoms with Gasteiger partial charge in [-0.1, -0.05) is 27.7 Å². The van der Waals surface area contributed by atoms with E-state index in [1.54, 1.807) is 0 Å². The van der Waals surface area contributed by atoms with Gasteiger partial charge in [-0.3, -0.25) is 0 Å². The maximum absolute atomic E-state index is 15.3. The molecule has 2 N–H and O–H groups in total. The molecule has 0 aliphatic carbocycles. The average Bonchev–Trinajstić information content (AvgIpc) is 2.47. The van der Waals surface area contributed by atoms with Crippen LogP contribution in [0, 0.1) is 16.7 Å². The molecular formula is C18H35FN2. The summed E-state index contributed by atoms with van der Waals surface area (Å²) >= 11 is 0. The number of piperidine rings is 2. The Hall–Kier alpha value is -0.150. The van der Waals surface area contributed by atoms with E-state index in [1.165, 1.54) is 12.8 Å². The second-order valence-electron chi connectivity index (χ2n) is 8.61. The summed E-state index contributed by atoms with van der Waals surface area (Å²) in [6.45, 7) is 13.0. The highest BCUT2D eigenvalue weighted by Gasteiger charge is 2.46. The Kier molecular flexibility index (Phi) is 5.36. The summed E-state index contributed by atoms with van der Waals surface area (Å²) < 4.78 is 15.3. The first-order chi connectivity index (χ1) is 9.77. The molecule has 0 aromatic heterocycles. The zero-order valence-electron chi connectivity index (χ0n) is 14.5. The molecule has 0 atom stereocenters. The van der Waals surface area contributed by atoms with E-state index < -0.39 is 5.67 Å². The van der Waals surface area contributed by atoms with Gasteiger partial charge in [0.05, 0.1) is 0 Å². The van der Waals surface area contributed by atoms with Crippen LogP contribution in [0.15, 0.2) is 0 Å². The summed E-state index contributed by atoms with van der Waals surface area (Å²) in [6, 6.07) is 0. The van der Waals surface area contributed by atoms with E-state index in [2.05, 4.69) is 38.3 Å². The van der Waals surface area contributed by atoms with Crippen molar-refractivity contribution in [1.82, 2.24) is 10.6 Å². The van der Waals surface area contributed by atoms with Crippen LogP contribution >= 0.6 is 0 Å². The molecule has 2 heterocycles. The molecule has 0 radical (unpaired) electrons. The van der Waals surface area contributed by atoms with Crippen LogP contribution in [0.4, 0.5) is 4.39 Å². The maximum atomic E-state index is 15.3. The minimum atomic E-state index is -0.984. The molecule has 0 saturated carbocycles. The van der Waals surface area contributed by atoms with Crippen molar-refractivity contribution >= 4 is 0 Å². The molecule has 2 saturated heterocycles. The van der Waals surface area contributed by atoms with E-state index in [4.69, 9.17) is 0 Å². The topological polar surface area (TPSA) is 24.1 Å². The van der Waals surface area contributed by atoms with E-state index in [-0.39, 0.29) is 5.41 Å². The molecule has 2 aliphatic rings. The fourth-order valence-electron chi connectivity index (χ4n) is 4.17. The van der Waals surface area contributed by atoms with Crippen molar-refractivity contribution < 1.29 is 4.39 Å². The van der Waals surface area contributed by atoms with Crippen molar-refractivity contribution in [3.8, 4) is 0 Å². The van der Waals surface area contributed by atoms with Crippen LogP contribution in [-0.4, -0.2) is 31.8 Å². The predicted octanol–water partition coefficient (Wildman–Crippen LogP) is 3.91. The molecular weight excluding hydrogens is 263 g/mol. The van der Waals surface area contributed by atoms with Gasteiger partial charge in [-0.15, -0.1) is 0 Å². The molecule has 124 valence electrons. The Balaban J connectivity index is 1.93. The number of hydrogen-bond donors (Lipinski definition) is 2. The Labute approximate surface area is 130 Å². The summed E-state index contributed by atoms with van der Waals surface area (Å²) in [7, 11) is 0. The minimum absolute atomic E-state index is 0.209. The second kappa shape index (κ2) is 6.54. The van der Waals surface area contributed by atoms with Crippen molar-refractivity contribution in [1.29, 1.82) is 0 Å². The molecule has 0 aromatic rings. The Morgan fingerprint density at radius 1 is 0.905 bits per heavy atom. The quantitative estimate of drug-likeness (QED) is 0.804. The van der Waals surface area contributed by atoms with Gasteiger partial charge in [-0.25, -0.2) is 4.39 Å². The third-order valence-electron chi connectivity index (χ3n) is 6.45. The third kappa shape index (κ3) is 3.98. The first-order valence-electron chi connectivity index (χ1n) is 8.87. The first-order valence-corrected chi connectivity index (χ1v) is 8.87. The highest BCUT2D eigenvalue weighted by atomic mass is 19.1. The number of hydrogen-bond acceptors (Lipinski definition) is 2. The highest BCUT2D eigenvalue weighted by Crippen LogP contribution is 2.48. The molecule has 2 aliphatic heterocycles. The van der Waals surface area contributed by atoms with Gasteiger partial charge in [0.2, 0.25) is 0 Å². The van der Waals surface area contributed by atoms with Gasteiger partial charge in [0.1, 0.15) is 5.67 Å². The van der Waals surface area contributed by atoms with E-state index >= 15 is 4.39 Å². The van der Waals surface area contributed by atoms with Crippen LogP contribution in [-0.2, 0) is 0 Å². The van der Waals surface area contributed by atoms with Crippen molar-refractivity contribution in [2.45, 2.75) is 71.9 Å². The Morgan fingerprint density at radius 2 is 1.43 bits per heavy atom. The lowest BCUT2D eigenvalue weighted by molar-refractivity contribution is -0.0273. The lowest BCUT2D eigenvalue weighted by Crippen LogP contribution is -2.49. The van der Waals surface area contributed by atoms with Gasteiger partial charge in [0, 0.05) is 0 Å². The fourth-order valence-corrected chi connectivity index (χ4v) is 4.17. The lowest BCUT2D eigenvalue weighted by atomic mass is 9.64. The Bertz CT molecular complexity index is 326. The van der Waals surface area contributed by atoms with Gasteiger partial charge < -0.3 is 10.6 Å². The zero-order chi connectivity index (χ0) is 15.6. The number of halogens is 1. The SMILES string of the molecule is CC(C)(CCC(C)(C)C1(F)CCNCC1)C1CCNCC1. The molecule has 3 heteroatoms. The van der Waals surface area contributed by atoms with Crippen LogP contribution in [0.3, 0.4) is 0 Å². The van der Waals surface area contributed by atoms with Gasteiger partial charge in [-0.2, -0.15) is 0 Å². The predicted molar refractivity (Wildman–Crippen MR) is 88.3 cm³/mol. The monoisotopic (exact) mass is 298 g/mol. The van der Waals surface area contributed by atoms with Crippen molar-refractivity contribution in [3.63, 3.8) is 0 Å². The van der Waals surface area contributed by atoms with Crippen molar-refractivity contribution in [2.75, 3.05) is 26.2 Å². The third-order valence-corrected chi connectivity index (χ3v) is 6.45. The summed E-state index contributed by atoms with van der Waals surface area (Å²) in [5.41, 5.74) is -0.857. The highest BCUT2D eigenvalue weighted by molar-refractivity contribution is 4.98. The molecule has 0 amide bonds. The molecule has 2 fully saturated rings. The average molecular weight is 298 g/mol. The molecule has 21 heavy (non-hydrogen) atoms. The summed E-state index contributed by atoms with van der Waals surface area (Å²) in [5.74, 6) is 0.790. The fraction of sp³-hybridized carbons (Fsp3) is 1.00. The zero-order valence-corrected chi connectivity index (χ0v) is 14.5. The first kappa shape index (κ1) is 17.2. The molecule has 0 aromatic carbocycles. The molecule has 2 rings (SSSR count). The smallest absolute Gasteiger partial charge is 0.118 e. The Morgan fingerprint density at radius 3 is 2.00 bits per heavy atom. The maximum Gasteiger partial charge on any atom is 0.118 e. The summed E-state index contributed by atoms with van der Waals surface area (Å²) in [6.07, 6.45) is 6.04. The number of nitrogens with one attached hydrogen (secondary N) is 2. The van der Waals surface area contributed by atoms with Crippen LogP contribution < -0.4 is 10.6 Å². The van der Waals surface area contributed by atoms with Crippen LogP contribution in [0.1, 0.15) is 66.2 Å². The molecule has 0 unspecified atom stereocenters. The second-order valence-corrected chi connectivity index (χ2v) is 8.61. The van der Waals surface area contributed by atoms with Gasteiger partial charge in [0.25, 0.3) is 0 Å². The van der Waals surface area contributed by atoms with Crippen molar-refractivity contribution in [2.24, 2.45) is 16.7 Å². The van der Waals surface area contributed by atoms with E-state index in [0.717, 1.165) is 44.9 Å². The summed E-state index contributed by atoms with van der Waals surface area (Å²) in [4.78, 5) is 0. The lowest BCUT2D eigenvalue weighted by Gasteiger charge is -2.46. The van der Waals surface area contributed by atoms with E-state index in [1.807, 2.05) is 0 Å². The standard InChI is InChI=1S/C18H35FN2/c1-16(2,15-5-11-20-12-6-15)7-8-17(3,4)18(19)9-13-21-14-10-18/h15,20-21H,5-14H2,1-4H3. The van der Waals surface area contributed by atoms with Gasteiger partial charge in [0.15, 0.2) is 0 Å². The van der Waals surface area contributed by atoms with E-state index in [9.17, 15) is 0 Å². The van der Waals surface area contributed by atoms with Gasteiger partial charge >= 0.3 is 0 Å². The normalized spacial score (nSPS) is 25.0.